The van der Waals surface area contributed by atoms with Crippen LogP contribution in [0.5, 0.6) is 0 Å². The number of likely N-dealkylation sites (tertiary alicyclic amines) is 1. The number of hydrogen-bond donors (Lipinski definition) is 0. The first-order chi connectivity index (χ1) is 11.6. The van der Waals surface area contributed by atoms with Gasteiger partial charge in [0.05, 0.1) is 11.2 Å². The van der Waals surface area contributed by atoms with Crippen LogP contribution in [-0.4, -0.2) is 45.6 Å². The summed E-state index contributed by atoms with van der Waals surface area (Å²) in [4.78, 5) is 28.7. The van der Waals surface area contributed by atoms with Crippen molar-refractivity contribution in [3.05, 3.63) is 29.1 Å². The van der Waals surface area contributed by atoms with Gasteiger partial charge in [-0.2, -0.15) is 0 Å². The third-order valence-corrected chi connectivity index (χ3v) is 5.55. The molecule has 1 aromatic heterocycles. The highest BCUT2D eigenvalue weighted by Crippen LogP contribution is 2.32. The quantitative estimate of drug-likeness (QED) is 0.593. The number of furan rings is 1. The van der Waals surface area contributed by atoms with E-state index in [2.05, 4.69) is 0 Å². The first-order valence-corrected chi connectivity index (χ1v) is 9.44. The number of nitrogens with zero attached hydrogens (tertiary/aromatic N) is 2. The zero-order valence-electron chi connectivity index (χ0n) is 13.4. The van der Waals surface area contributed by atoms with Crippen LogP contribution in [0.25, 0.3) is 6.08 Å². The van der Waals surface area contributed by atoms with Gasteiger partial charge in [-0.15, -0.1) is 0 Å². The number of carbonyl (C=O) groups excluding carboxylic acids is 2. The summed E-state index contributed by atoms with van der Waals surface area (Å²) in [5.41, 5.74) is 0. The van der Waals surface area contributed by atoms with Crippen LogP contribution in [0.4, 0.5) is 0 Å². The maximum absolute atomic E-state index is 12.4. The molecule has 2 saturated heterocycles. The van der Waals surface area contributed by atoms with E-state index in [0.29, 0.717) is 34.4 Å². The fourth-order valence-electron chi connectivity index (χ4n) is 2.89. The number of rotatable bonds is 5. The van der Waals surface area contributed by atoms with Crippen LogP contribution in [0, 0.1) is 0 Å². The lowest BCUT2D eigenvalue weighted by Gasteiger charge is -2.27. The van der Waals surface area contributed by atoms with Crippen molar-refractivity contribution in [2.24, 2.45) is 0 Å². The second-order valence-corrected chi connectivity index (χ2v) is 7.57. The highest BCUT2D eigenvalue weighted by Gasteiger charge is 2.32. The molecule has 2 fully saturated rings. The van der Waals surface area contributed by atoms with E-state index in [0.717, 1.165) is 25.9 Å². The Morgan fingerprint density at radius 1 is 1.33 bits per heavy atom. The Balaban J connectivity index is 1.51. The Kier molecular flexibility index (Phi) is 5.73. The van der Waals surface area contributed by atoms with Gasteiger partial charge in [0, 0.05) is 32.1 Å². The number of amides is 2. The summed E-state index contributed by atoms with van der Waals surface area (Å²) in [5, 5.41) is 0. The Labute approximate surface area is 151 Å². The molecule has 0 aromatic carbocycles. The third kappa shape index (κ3) is 4.08. The number of carbonyl (C=O) groups is 2. The largest absolute Gasteiger partial charge is 0.465 e. The summed E-state index contributed by atoms with van der Waals surface area (Å²) in [6.07, 6.45) is 7.78. The summed E-state index contributed by atoms with van der Waals surface area (Å²) >= 11 is 6.58. The highest BCUT2D eigenvalue weighted by atomic mass is 32.2. The molecular weight excluding hydrogens is 344 g/mol. The van der Waals surface area contributed by atoms with Crippen LogP contribution < -0.4 is 0 Å². The van der Waals surface area contributed by atoms with Gasteiger partial charge in [-0.25, -0.2) is 0 Å². The number of piperidine rings is 1. The van der Waals surface area contributed by atoms with Crippen molar-refractivity contribution in [2.75, 3.05) is 19.6 Å². The van der Waals surface area contributed by atoms with Crippen molar-refractivity contribution in [3.63, 3.8) is 0 Å². The lowest BCUT2D eigenvalue weighted by Crippen LogP contribution is -2.36. The topological polar surface area (TPSA) is 53.8 Å². The van der Waals surface area contributed by atoms with Crippen LogP contribution >= 0.6 is 24.0 Å². The molecule has 0 spiro atoms. The van der Waals surface area contributed by atoms with Crippen molar-refractivity contribution in [2.45, 2.75) is 32.1 Å². The van der Waals surface area contributed by atoms with Crippen LogP contribution in [0.2, 0.25) is 0 Å². The van der Waals surface area contributed by atoms with E-state index in [4.69, 9.17) is 16.6 Å². The van der Waals surface area contributed by atoms with Crippen LogP contribution in [0.1, 0.15) is 37.9 Å². The second-order valence-electron chi connectivity index (χ2n) is 5.89. The van der Waals surface area contributed by atoms with Gasteiger partial charge in [-0.05, 0) is 37.8 Å². The molecule has 0 atom stereocenters. The van der Waals surface area contributed by atoms with Crippen molar-refractivity contribution < 1.29 is 14.0 Å². The Morgan fingerprint density at radius 2 is 2.12 bits per heavy atom. The van der Waals surface area contributed by atoms with Crippen molar-refractivity contribution in [1.82, 2.24) is 9.80 Å². The van der Waals surface area contributed by atoms with Crippen molar-refractivity contribution >= 4 is 46.2 Å². The lowest BCUT2D eigenvalue weighted by atomic mass is 10.1. The molecule has 3 rings (SSSR count). The SMILES string of the molecule is O=C(CCCN1C(=O)C(=Cc2ccco2)SC1=S)N1CCCCC1. The smallest absolute Gasteiger partial charge is 0.266 e. The minimum atomic E-state index is -0.105. The fraction of sp³-hybridized carbons (Fsp3) is 0.471. The standard InChI is InChI=1S/C17H20N2O3S2/c20-15(18-8-2-1-3-9-18)7-4-10-19-16(21)14(24-17(19)23)12-13-6-5-11-22-13/h5-6,11-12H,1-4,7-10H2. The first-order valence-electron chi connectivity index (χ1n) is 8.22. The Morgan fingerprint density at radius 3 is 2.83 bits per heavy atom. The van der Waals surface area contributed by atoms with Crippen molar-refractivity contribution in [3.8, 4) is 0 Å². The van der Waals surface area contributed by atoms with Crippen molar-refractivity contribution in [1.29, 1.82) is 0 Å². The van der Waals surface area contributed by atoms with Gasteiger partial charge in [0.15, 0.2) is 0 Å². The highest BCUT2D eigenvalue weighted by molar-refractivity contribution is 8.26. The van der Waals surface area contributed by atoms with Gasteiger partial charge < -0.3 is 9.32 Å². The van der Waals surface area contributed by atoms with E-state index in [1.165, 1.54) is 18.2 Å². The Bertz CT molecular complexity index is 649. The molecule has 0 saturated carbocycles. The minimum absolute atomic E-state index is 0.105. The van der Waals surface area contributed by atoms with Gasteiger partial charge in [0.1, 0.15) is 10.1 Å². The van der Waals surface area contributed by atoms with Gasteiger partial charge in [-0.3, -0.25) is 14.5 Å². The van der Waals surface area contributed by atoms with E-state index < -0.39 is 0 Å². The average Bonchev–Trinajstić information content (AvgIpc) is 3.19. The molecule has 2 aliphatic rings. The van der Waals surface area contributed by atoms with E-state index in [-0.39, 0.29) is 11.8 Å². The molecule has 5 nitrogen and oxygen atoms in total. The zero-order chi connectivity index (χ0) is 16.9. The summed E-state index contributed by atoms with van der Waals surface area (Å²) in [7, 11) is 0. The maximum Gasteiger partial charge on any atom is 0.266 e. The molecule has 24 heavy (non-hydrogen) atoms. The zero-order valence-corrected chi connectivity index (χ0v) is 15.0. The van der Waals surface area contributed by atoms with Crippen LogP contribution in [0.15, 0.2) is 27.7 Å². The molecular formula is C17H20N2O3S2. The molecule has 0 radical (unpaired) electrons. The van der Waals surface area contributed by atoms with Gasteiger partial charge in [-0.1, -0.05) is 24.0 Å². The molecule has 0 bridgehead atoms. The predicted molar refractivity (Wildman–Crippen MR) is 98.3 cm³/mol. The van der Waals surface area contributed by atoms with E-state index in [1.54, 1.807) is 29.4 Å². The molecule has 2 amide bonds. The van der Waals surface area contributed by atoms with E-state index in [1.807, 2.05) is 4.90 Å². The van der Waals surface area contributed by atoms with Gasteiger partial charge in [0.25, 0.3) is 5.91 Å². The molecule has 2 aliphatic heterocycles. The monoisotopic (exact) mass is 364 g/mol. The molecule has 0 unspecified atom stereocenters. The second kappa shape index (κ2) is 7.98. The number of hydrogen-bond acceptors (Lipinski definition) is 5. The maximum atomic E-state index is 12.4. The molecule has 0 N–H and O–H groups in total. The molecule has 1 aromatic rings. The minimum Gasteiger partial charge on any atom is -0.465 e. The number of thioether (sulfide) groups is 1. The molecule has 3 heterocycles. The summed E-state index contributed by atoms with van der Waals surface area (Å²) in [6.45, 7) is 2.22. The van der Waals surface area contributed by atoms with Crippen LogP contribution in [0.3, 0.4) is 0 Å². The van der Waals surface area contributed by atoms with Gasteiger partial charge >= 0.3 is 0 Å². The van der Waals surface area contributed by atoms with E-state index >= 15 is 0 Å². The fourth-order valence-corrected chi connectivity index (χ4v) is 4.17. The molecule has 128 valence electrons. The number of thiocarbonyl (C=S) groups is 1. The van der Waals surface area contributed by atoms with Crippen LogP contribution in [-0.2, 0) is 9.59 Å². The predicted octanol–water partition coefficient (Wildman–Crippen LogP) is 3.27. The summed E-state index contributed by atoms with van der Waals surface area (Å²) in [5.74, 6) is 0.717. The lowest BCUT2D eigenvalue weighted by molar-refractivity contribution is -0.132. The summed E-state index contributed by atoms with van der Waals surface area (Å²) in [6, 6.07) is 3.57. The average molecular weight is 364 g/mol. The normalized spacial score (nSPS) is 20.2. The molecule has 7 heteroatoms. The third-order valence-electron chi connectivity index (χ3n) is 4.17. The molecule has 0 aliphatic carbocycles. The summed E-state index contributed by atoms with van der Waals surface area (Å²) < 4.78 is 5.78. The van der Waals surface area contributed by atoms with Gasteiger partial charge in [0.2, 0.25) is 5.91 Å². The first kappa shape index (κ1) is 17.2. The van der Waals surface area contributed by atoms with E-state index in [9.17, 15) is 9.59 Å². The Hall–Kier alpha value is -1.60.